The third-order valence-electron chi connectivity index (χ3n) is 3.86. The second kappa shape index (κ2) is 8.01. The Bertz CT molecular complexity index is 913. The summed E-state index contributed by atoms with van der Waals surface area (Å²) in [5.41, 5.74) is 3.02. The average Bonchev–Trinajstić information content (AvgIpc) is 3.25. The molecule has 6 heteroatoms. The van der Waals surface area contributed by atoms with Gasteiger partial charge in [-0.05, 0) is 36.9 Å². The number of aryl methyl sites for hydroxylation is 1. The number of amides is 1. The molecule has 0 unspecified atom stereocenters. The molecule has 26 heavy (non-hydrogen) atoms. The molecule has 3 rings (SSSR count). The van der Waals surface area contributed by atoms with E-state index in [2.05, 4.69) is 11.4 Å². The number of benzene rings is 1. The minimum Gasteiger partial charge on any atom is -0.461 e. The van der Waals surface area contributed by atoms with Crippen LogP contribution in [-0.4, -0.2) is 23.1 Å². The van der Waals surface area contributed by atoms with Gasteiger partial charge in [0.15, 0.2) is 5.69 Å². The van der Waals surface area contributed by atoms with Gasteiger partial charge < -0.3 is 14.6 Å². The van der Waals surface area contributed by atoms with E-state index in [1.807, 2.05) is 36.6 Å². The predicted octanol–water partition coefficient (Wildman–Crippen LogP) is 4.34. The maximum atomic E-state index is 12.5. The second-order valence-electron chi connectivity index (χ2n) is 5.85. The zero-order valence-electron chi connectivity index (χ0n) is 14.7. The molecule has 0 atom stereocenters. The van der Waals surface area contributed by atoms with Gasteiger partial charge in [0, 0.05) is 12.7 Å². The molecule has 0 saturated heterocycles. The van der Waals surface area contributed by atoms with E-state index in [-0.39, 0.29) is 12.5 Å². The van der Waals surface area contributed by atoms with E-state index in [0.717, 1.165) is 11.1 Å². The first-order valence-electron chi connectivity index (χ1n) is 8.35. The van der Waals surface area contributed by atoms with E-state index >= 15 is 0 Å². The number of esters is 1. The fourth-order valence-electron chi connectivity index (χ4n) is 2.73. The lowest BCUT2D eigenvalue weighted by molar-refractivity contribution is 0.0516. The molecule has 1 aromatic carbocycles. The molecule has 134 valence electrons. The number of hydrogen-bond acceptors (Lipinski definition) is 4. The molecule has 0 saturated carbocycles. The van der Waals surface area contributed by atoms with Crippen LogP contribution in [0, 0.1) is 6.92 Å². The van der Waals surface area contributed by atoms with Crippen LogP contribution >= 0.6 is 11.3 Å². The molecule has 0 radical (unpaired) electrons. The van der Waals surface area contributed by atoms with Gasteiger partial charge in [-0.15, -0.1) is 11.3 Å². The molecule has 0 fully saturated rings. The third kappa shape index (κ3) is 4.03. The fourth-order valence-corrected chi connectivity index (χ4v) is 3.35. The first-order chi connectivity index (χ1) is 12.6. The number of carbonyl (C=O) groups is 2. The highest BCUT2D eigenvalue weighted by atomic mass is 32.1. The number of carbonyl (C=O) groups excluding carboxylic acids is 2. The fraction of sp³-hybridized carbons (Fsp3) is 0.200. The lowest BCUT2D eigenvalue weighted by atomic mass is 10.1. The van der Waals surface area contributed by atoms with Gasteiger partial charge in [-0.25, -0.2) is 4.79 Å². The average molecular weight is 368 g/mol. The number of rotatable bonds is 6. The van der Waals surface area contributed by atoms with Gasteiger partial charge in [-0.2, -0.15) is 0 Å². The van der Waals surface area contributed by atoms with Gasteiger partial charge in [-0.3, -0.25) is 4.79 Å². The van der Waals surface area contributed by atoms with Crippen LogP contribution in [0.15, 0.2) is 54.0 Å². The molecule has 0 bridgehead atoms. The van der Waals surface area contributed by atoms with Crippen molar-refractivity contribution in [2.24, 2.45) is 0 Å². The first-order valence-corrected chi connectivity index (χ1v) is 9.23. The third-order valence-corrected chi connectivity index (χ3v) is 4.73. The van der Waals surface area contributed by atoms with Gasteiger partial charge in [0.2, 0.25) is 0 Å². The summed E-state index contributed by atoms with van der Waals surface area (Å²) in [5, 5.41) is 4.66. The van der Waals surface area contributed by atoms with Gasteiger partial charge in [0.1, 0.15) is 0 Å². The van der Waals surface area contributed by atoms with E-state index in [1.54, 1.807) is 29.8 Å². The van der Waals surface area contributed by atoms with E-state index < -0.39 is 5.97 Å². The summed E-state index contributed by atoms with van der Waals surface area (Å²) in [4.78, 5) is 25.4. The van der Waals surface area contributed by atoms with Crippen molar-refractivity contribution in [3.05, 3.63) is 75.7 Å². The Morgan fingerprint density at radius 3 is 2.73 bits per heavy atom. The van der Waals surface area contributed by atoms with Gasteiger partial charge >= 0.3 is 5.97 Å². The van der Waals surface area contributed by atoms with Crippen LogP contribution in [0.3, 0.4) is 0 Å². The van der Waals surface area contributed by atoms with Crippen LogP contribution in [-0.2, 0) is 11.3 Å². The molecule has 0 aliphatic rings. The Hall–Kier alpha value is -2.86. The van der Waals surface area contributed by atoms with E-state index in [0.29, 0.717) is 22.8 Å². The number of thiophene rings is 1. The Kier molecular flexibility index (Phi) is 5.53. The van der Waals surface area contributed by atoms with Crippen LogP contribution in [0.25, 0.3) is 0 Å². The summed E-state index contributed by atoms with van der Waals surface area (Å²) in [7, 11) is 0. The summed E-state index contributed by atoms with van der Waals surface area (Å²) in [5.74, 6) is -0.689. The van der Waals surface area contributed by atoms with Gasteiger partial charge in [-0.1, -0.05) is 35.9 Å². The molecule has 0 aliphatic carbocycles. The largest absolute Gasteiger partial charge is 0.461 e. The number of hydrogen-bond donors (Lipinski definition) is 1. The second-order valence-corrected chi connectivity index (χ2v) is 6.79. The molecule has 0 aliphatic heterocycles. The monoisotopic (exact) mass is 368 g/mol. The number of ether oxygens (including phenoxy) is 1. The van der Waals surface area contributed by atoms with Crippen molar-refractivity contribution in [3.8, 4) is 0 Å². The van der Waals surface area contributed by atoms with Crippen molar-refractivity contribution in [2.45, 2.75) is 20.4 Å². The standard InChI is InChI=1S/C20H20N2O3S/c1-3-25-20(24)18-16(21-19(23)17-8-5-11-26-17)9-10-22(18)13-15-7-4-6-14(2)12-15/h4-12H,3,13H2,1-2H3,(H,21,23). The topological polar surface area (TPSA) is 60.3 Å². The van der Waals surface area contributed by atoms with Crippen molar-refractivity contribution in [1.82, 2.24) is 4.57 Å². The maximum absolute atomic E-state index is 12.5. The summed E-state index contributed by atoms with van der Waals surface area (Å²) in [6.45, 7) is 4.57. The molecule has 5 nitrogen and oxygen atoms in total. The zero-order valence-corrected chi connectivity index (χ0v) is 15.5. The number of nitrogens with zero attached hydrogens (tertiary/aromatic N) is 1. The maximum Gasteiger partial charge on any atom is 0.357 e. The lowest BCUT2D eigenvalue weighted by Crippen LogP contribution is -2.17. The highest BCUT2D eigenvalue weighted by Gasteiger charge is 2.21. The number of anilines is 1. The summed E-state index contributed by atoms with van der Waals surface area (Å²) < 4.78 is 7.00. The molecule has 1 amide bonds. The van der Waals surface area contributed by atoms with Crippen LogP contribution in [0.1, 0.15) is 38.2 Å². The minimum atomic E-state index is -0.452. The van der Waals surface area contributed by atoms with Crippen molar-refractivity contribution < 1.29 is 14.3 Å². The summed E-state index contributed by atoms with van der Waals surface area (Å²) in [6.07, 6.45) is 1.79. The Labute approximate surface area is 156 Å². The Morgan fingerprint density at radius 2 is 2.04 bits per heavy atom. The van der Waals surface area contributed by atoms with Crippen molar-refractivity contribution >= 4 is 28.9 Å². The highest BCUT2D eigenvalue weighted by Crippen LogP contribution is 2.22. The van der Waals surface area contributed by atoms with Crippen molar-refractivity contribution in [3.63, 3.8) is 0 Å². The molecule has 0 spiro atoms. The van der Waals surface area contributed by atoms with Crippen LogP contribution < -0.4 is 5.32 Å². The van der Waals surface area contributed by atoms with Gasteiger partial charge in [0.25, 0.3) is 5.91 Å². The Morgan fingerprint density at radius 1 is 1.19 bits per heavy atom. The van der Waals surface area contributed by atoms with Gasteiger partial charge in [0.05, 0.1) is 17.2 Å². The zero-order chi connectivity index (χ0) is 18.5. The van der Waals surface area contributed by atoms with Crippen LogP contribution in [0.5, 0.6) is 0 Å². The van der Waals surface area contributed by atoms with Crippen molar-refractivity contribution in [1.29, 1.82) is 0 Å². The van der Waals surface area contributed by atoms with Crippen LogP contribution in [0.4, 0.5) is 5.69 Å². The molecular formula is C20H20N2O3S. The number of aromatic nitrogens is 1. The molecule has 3 aromatic rings. The van der Waals surface area contributed by atoms with E-state index in [9.17, 15) is 9.59 Å². The highest BCUT2D eigenvalue weighted by molar-refractivity contribution is 7.12. The lowest BCUT2D eigenvalue weighted by Gasteiger charge is -2.12. The molecule has 2 heterocycles. The van der Waals surface area contributed by atoms with Crippen LogP contribution in [0.2, 0.25) is 0 Å². The summed E-state index contributed by atoms with van der Waals surface area (Å²) >= 11 is 1.35. The smallest absolute Gasteiger partial charge is 0.357 e. The van der Waals surface area contributed by atoms with E-state index in [4.69, 9.17) is 4.74 Å². The molecule has 1 N–H and O–H groups in total. The van der Waals surface area contributed by atoms with Crippen molar-refractivity contribution in [2.75, 3.05) is 11.9 Å². The Balaban J connectivity index is 1.90. The SMILES string of the molecule is CCOC(=O)c1c(NC(=O)c2cccs2)ccn1Cc1cccc(C)c1. The minimum absolute atomic E-state index is 0.237. The predicted molar refractivity (Wildman–Crippen MR) is 103 cm³/mol. The quantitative estimate of drug-likeness (QED) is 0.659. The first kappa shape index (κ1) is 17.9. The van der Waals surface area contributed by atoms with E-state index in [1.165, 1.54) is 11.3 Å². The molecule has 2 aromatic heterocycles. The molecular weight excluding hydrogens is 348 g/mol. The number of nitrogens with one attached hydrogen (secondary N) is 1. The summed E-state index contributed by atoms with van der Waals surface area (Å²) in [6, 6.07) is 13.4. The normalized spacial score (nSPS) is 10.5.